The molecule has 32 heavy (non-hydrogen) atoms. The number of nitrogens with zero attached hydrogens (tertiary/aromatic N) is 2. The largest absolute Gasteiger partial charge is 0.493 e. The lowest BCUT2D eigenvalue weighted by molar-refractivity contribution is 0.0975. The minimum absolute atomic E-state index is 0.0398. The highest BCUT2D eigenvalue weighted by Crippen LogP contribution is 2.34. The van der Waals surface area contributed by atoms with Crippen LogP contribution in [0.2, 0.25) is 0 Å². The molecule has 0 aliphatic heterocycles. The topological polar surface area (TPSA) is 129 Å². The van der Waals surface area contributed by atoms with Gasteiger partial charge in [0.2, 0.25) is 0 Å². The molecule has 0 saturated carbocycles. The van der Waals surface area contributed by atoms with Gasteiger partial charge in [-0.2, -0.15) is 0 Å². The van der Waals surface area contributed by atoms with Crippen LogP contribution in [0.15, 0.2) is 34.4 Å². The van der Waals surface area contributed by atoms with E-state index in [1.165, 1.54) is 36.9 Å². The van der Waals surface area contributed by atoms with Crippen molar-refractivity contribution in [3.63, 3.8) is 0 Å². The van der Waals surface area contributed by atoms with Gasteiger partial charge in [-0.15, -0.1) is 6.58 Å². The van der Waals surface area contributed by atoms with Crippen LogP contribution in [0.1, 0.15) is 29.3 Å². The standard InChI is InChI=1S/C22H30N4O6/c1-6-8-14-12-15(13-16(31-4)18(14)32-5)21(28)25(10-11-30-3)17-19(23)26(9-7-2)22(29)24-20(17)27/h6,12-13H,1,7-11,23H2,2-5H3,(H,24,27,29). The zero-order valence-electron chi connectivity index (χ0n) is 18.9. The van der Waals surface area contributed by atoms with Gasteiger partial charge in [0.15, 0.2) is 17.2 Å². The molecule has 0 aliphatic carbocycles. The Hall–Kier alpha value is -3.53. The number of methoxy groups -OCH3 is 3. The van der Waals surface area contributed by atoms with E-state index in [9.17, 15) is 14.4 Å². The number of nitrogens with one attached hydrogen (secondary N) is 1. The van der Waals surface area contributed by atoms with E-state index >= 15 is 0 Å². The molecule has 1 aromatic heterocycles. The van der Waals surface area contributed by atoms with E-state index in [1.807, 2.05) is 6.92 Å². The number of H-pyrrole nitrogens is 1. The molecule has 0 fully saturated rings. The monoisotopic (exact) mass is 446 g/mol. The number of hydrogen-bond acceptors (Lipinski definition) is 7. The van der Waals surface area contributed by atoms with Crippen LogP contribution in [0.25, 0.3) is 0 Å². The van der Waals surface area contributed by atoms with Crippen molar-refractivity contribution in [2.75, 3.05) is 45.1 Å². The molecule has 1 heterocycles. The summed E-state index contributed by atoms with van der Waals surface area (Å²) in [7, 11) is 4.46. The first-order chi connectivity index (χ1) is 15.3. The maximum Gasteiger partial charge on any atom is 0.330 e. The first-order valence-electron chi connectivity index (χ1n) is 10.1. The predicted molar refractivity (Wildman–Crippen MR) is 123 cm³/mol. The minimum atomic E-state index is -0.754. The quantitative estimate of drug-likeness (QED) is 0.501. The smallest absolute Gasteiger partial charge is 0.330 e. The summed E-state index contributed by atoms with van der Waals surface area (Å²) in [5.41, 5.74) is 5.64. The summed E-state index contributed by atoms with van der Waals surface area (Å²) >= 11 is 0. The lowest BCUT2D eigenvalue weighted by Gasteiger charge is -2.25. The molecule has 0 atom stereocenters. The molecule has 0 spiro atoms. The number of ether oxygens (including phenoxy) is 3. The van der Waals surface area contributed by atoms with Crippen LogP contribution in [0.3, 0.4) is 0 Å². The number of nitrogens with two attached hydrogens (primary N) is 1. The molecule has 2 rings (SSSR count). The summed E-state index contributed by atoms with van der Waals surface area (Å²) in [6.45, 7) is 6.09. The second-order valence-electron chi connectivity index (χ2n) is 6.96. The van der Waals surface area contributed by atoms with Gasteiger partial charge >= 0.3 is 5.69 Å². The van der Waals surface area contributed by atoms with Gasteiger partial charge in [-0.3, -0.25) is 24.0 Å². The van der Waals surface area contributed by atoms with E-state index in [2.05, 4.69) is 11.6 Å². The molecule has 10 nitrogen and oxygen atoms in total. The average Bonchev–Trinajstić information content (AvgIpc) is 2.77. The first kappa shape index (κ1) is 24.7. The lowest BCUT2D eigenvalue weighted by Crippen LogP contribution is -2.42. The zero-order valence-corrected chi connectivity index (χ0v) is 18.9. The summed E-state index contributed by atoms with van der Waals surface area (Å²) < 4.78 is 17.2. The molecule has 0 bridgehead atoms. The second-order valence-corrected chi connectivity index (χ2v) is 6.96. The summed E-state index contributed by atoms with van der Waals surface area (Å²) in [5.74, 6) is 0.255. The first-order valence-corrected chi connectivity index (χ1v) is 10.1. The average molecular weight is 447 g/mol. The fourth-order valence-electron chi connectivity index (χ4n) is 3.41. The van der Waals surface area contributed by atoms with Crippen LogP contribution in [-0.4, -0.2) is 49.9 Å². The van der Waals surface area contributed by atoms with Gasteiger partial charge in [0.1, 0.15) is 5.82 Å². The molecule has 0 aliphatic rings. The summed E-state index contributed by atoms with van der Waals surface area (Å²) in [6, 6.07) is 3.18. The molecule has 3 N–H and O–H groups in total. The van der Waals surface area contributed by atoms with Crippen molar-refractivity contribution >= 4 is 17.4 Å². The highest BCUT2D eigenvalue weighted by molar-refractivity contribution is 6.07. The Bertz CT molecular complexity index is 1090. The van der Waals surface area contributed by atoms with Crippen LogP contribution >= 0.6 is 0 Å². The molecule has 0 radical (unpaired) electrons. The molecule has 0 saturated heterocycles. The Morgan fingerprint density at radius 3 is 2.53 bits per heavy atom. The third-order valence-electron chi connectivity index (χ3n) is 4.86. The van der Waals surface area contributed by atoms with Crippen LogP contribution in [0.4, 0.5) is 11.5 Å². The van der Waals surface area contributed by atoms with Crippen LogP contribution in [0.5, 0.6) is 11.5 Å². The molecule has 2 aromatic rings. The summed E-state index contributed by atoms with van der Waals surface area (Å²) in [4.78, 5) is 42.0. The van der Waals surface area contributed by atoms with Crippen LogP contribution < -0.4 is 31.4 Å². The van der Waals surface area contributed by atoms with Gasteiger partial charge in [0.05, 0.1) is 20.8 Å². The minimum Gasteiger partial charge on any atom is -0.493 e. The van der Waals surface area contributed by atoms with E-state index < -0.39 is 17.2 Å². The number of carbonyl (C=O) groups excluding carboxylic acids is 1. The molecule has 174 valence electrons. The van der Waals surface area contributed by atoms with Crippen molar-refractivity contribution in [1.82, 2.24) is 9.55 Å². The number of benzene rings is 1. The van der Waals surface area contributed by atoms with Crippen LogP contribution in [0, 0.1) is 0 Å². The third-order valence-corrected chi connectivity index (χ3v) is 4.86. The van der Waals surface area contributed by atoms with Gasteiger partial charge in [0.25, 0.3) is 11.5 Å². The van der Waals surface area contributed by atoms with Crippen molar-refractivity contribution in [2.45, 2.75) is 26.3 Å². The van der Waals surface area contributed by atoms with Crippen molar-refractivity contribution in [3.8, 4) is 11.5 Å². The fourth-order valence-corrected chi connectivity index (χ4v) is 3.41. The van der Waals surface area contributed by atoms with Gasteiger partial charge < -0.3 is 19.9 Å². The van der Waals surface area contributed by atoms with E-state index in [0.717, 1.165) is 0 Å². The van der Waals surface area contributed by atoms with Gasteiger partial charge in [-0.05, 0) is 25.0 Å². The maximum absolute atomic E-state index is 13.6. The van der Waals surface area contributed by atoms with Crippen molar-refractivity contribution in [1.29, 1.82) is 0 Å². The lowest BCUT2D eigenvalue weighted by atomic mass is 10.0. The molecule has 10 heteroatoms. The van der Waals surface area contributed by atoms with Gasteiger partial charge in [-0.1, -0.05) is 13.0 Å². The Morgan fingerprint density at radius 2 is 1.97 bits per heavy atom. The van der Waals surface area contributed by atoms with E-state index in [-0.39, 0.29) is 30.2 Å². The normalized spacial score (nSPS) is 10.6. The number of hydrogen-bond donors (Lipinski definition) is 2. The van der Waals surface area contributed by atoms with E-state index in [1.54, 1.807) is 12.1 Å². The number of aromatic amines is 1. The van der Waals surface area contributed by atoms with Gasteiger partial charge in [0, 0.05) is 31.3 Å². The van der Waals surface area contributed by atoms with Crippen molar-refractivity contribution in [3.05, 3.63) is 56.8 Å². The Balaban J connectivity index is 2.70. The Kier molecular flexibility index (Phi) is 8.65. The third kappa shape index (κ3) is 5.02. The van der Waals surface area contributed by atoms with Crippen LogP contribution in [-0.2, 0) is 17.7 Å². The van der Waals surface area contributed by atoms with Crippen molar-refractivity contribution in [2.24, 2.45) is 0 Å². The Morgan fingerprint density at radius 1 is 1.25 bits per heavy atom. The second kappa shape index (κ2) is 11.2. The number of rotatable bonds is 11. The summed E-state index contributed by atoms with van der Waals surface area (Å²) in [5, 5.41) is 0. The SMILES string of the molecule is C=CCc1cc(C(=O)N(CCOC)c2c(N)n(CCC)c(=O)[nH]c2=O)cc(OC)c1OC. The van der Waals surface area contributed by atoms with E-state index in [4.69, 9.17) is 19.9 Å². The molecule has 0 unspecified atom stereocenters. The number of allylic oxidation sites excluding steroid dienone is 1. The molecule has 1 amide bonds. The fraction of sp³-hybridized carbons (Fsp3) is 0.409. The number of anilines is 2. The van der Waals surface area contributed by atoms with Crippen molar-refractivity contribution < 1.29 is 19.0 Å². The highest BCUT2D eigenvalue weighted by atomic mass is 16.5. The van der Waals surface area contributed by atoms with E-state index in [0.29, 0.717) is 36.4 Å². The molecular formula is C22H30N4O6. The maximum atomic E-state index is 13.6. The molecule has 1 aromatic carbocycles. The number of carbonyl (C=O) groups is 1. The number of aromatic nitrogens is 2. The predicted octanol–water partition coefficient (Wildman–Crippen LogP) is 1.57. The zero-order chi connectivity index (χ0) is 23.8. The number of nitrogen functional groups attached to an aromatic ring is 1. The molecular weight excluding hydrogens is 416 g/mol. The number of amides is 1. The van der Waals surface area contributed by atoms with Gasteiger partial charge in [-0.25, -0.2) is 4.79 Å². The Labute approximate surface area is 186 Å². The summed E-state index contributed by atoms with van der Waals surface area (Å²) in [6.07, 6.45) is 2.72. The highest BCUT2D eigenvalue weighted by Gasteiger charge is 2.26.